The van der Waals surface area contributed by atoms with Gasteiger partial charge in [-0.05, 0) is 13.5 Å². The Morgan fingerprint density at radius 2 is 2.13 bits per heavy atom. The van der Waals surface area contributed by atoms with Crippen LogP contribution in [0.5, 0.6) is 0 Å². The van der Waals surface area contributed by atoms with Crippen LogP contribution in [0.4, 0.5) is 0 Å². The van der Waals surface area contributed by atoms with Crippen LogP contribution in [0.2, 0.25) is 0 Å². The minimum atomic E-state index is 0.255. The first-order valence-corrected chi connectivity index (χ1v) is 5.92. The molecule has 2 saturated heterocycles. The van der Waals surface area contributed by atoms with Gasteiger partial charge >= 0.3 is 0 Å². The van der Waals surface area contributed by atoms with Gasteiger partial charge in [0.05, 0.1) is 5.92 Å². The quantitative estimate of drug-likeness (QED) is 0.684. The van der Waals surface area contributed by atoms with Crippen molar-refractivity contribution in [3.8, 4) is 0 Å². The predicted octanol–water partition coefficient (Wildman–Crippen LogP) is -0.242. The van der Waals surface area contributed by atoms with Crippen LogP contribution in [0.1, 0.15) is 13.3 Å². The number of hydrogen-bond acceptors (Lipinski definition) is 3. The fourth-order valence-electron chi connectivity index (χ4n) is 2.31. The molecular weight excluding hydrogens is 190 g/mol. The number of amides is 1. The molecule has 0 spiro atoms. The van der Waals surface area contributed by atoms with Gasteiger partial charge in [0.2, 0.25) is 5.91 Å². The minimum Gasteiger partial charge on any atom is -0.340 e. The van der Waals surface area contributed by atoms with Crippen molar-refractivity contribution in [2.45, 2.75) is 19.4 Å². The average Bonchev–Trinajstić information content (AvgIpc) is 2.15. The second-order valence-electron chi connectivity index (χ2n) is 4.68. The highest BCUT2D eigenvalue weighted by molar-refractivity contribution is 5.80. The highest BCUT2D eigenvalue weighted by Gasteiger charge is 2.32. The van der Waals surface area contributed by atoms with Gasteiger partial charge in [0.15, 0.2) is 0 Å². The molecule has 15 heavy (non-hydrogen) atoms. The summed E-state index contributed by atoms with van der Waals surface area (Å²) in [6, 6.07) is 0.552. The lowest BCUT2D eigenvalue weighted by Crippen LogP contribution is -2.58. The highest BCUT2D eigenvalue weighted by Crippen LogP contribution is 2.15. The topological polar surface area (TPSA) is 35.6 Å². The zero-order valence-corrected chi connectivity index (χ0v) is 9.70. The molecule has 0 saturated carbocycles. The Kier molecular flexibility index (Phi) is 3.26. The first-order valence-electron chi connectivity index (χ1n) is 5.92. The fourth-order valence-corrected chi connectivity index (χ4v) is 2.31. The Labute approximate surface area is 91.6 Å². The monoisotopic (exact) mass is 211 g/mol. The molecule has 1 amide bonds. The van der Waals surface area contributed by atoms with Gasteiger partial charge in [-0.15, -0.1) is 0 Å². The van der Waals surface area contributed by atoms with E-state index in [9.17, 15) is 4.79 Å². The molecule has 1 N–H and O–H groups in total. The highest BCUT2D eigenvalue weighted by atomic mass is 16.2. The summed E-state index contributed by atoms with van der Waals surface area (Å²) in [5.41, 5.74) is 0. The van der Waals surface area contributed by atoms with E-state index in [0.29, 0.717) is 11.9 Å². The second-order valence-corrected chi connectivity index (χ2v) is 4.68. The first kappa shape index (κ1) is 10.9. The molecule has 0 aromatic rings. The second kappa shape index (κ2) is 4.49. The van der Waals surface area contributed by atoms with Crippen molar-refractivity contribution in [1.82, 2.24) is 15.1 Å². The number of carbonyl (C=O) groups excluding carboxylic acids is 1. The lowest BCUT2D eigenvalue weighted by atomic mass is 10.00. The van der Waals surface area contributed by atoms with Crippen LogP contribution >= 0.6 is 0 Å². The lowest BCUT2D eigenvalue weighted by molar-refractivity contribution is -0.139. The maximum atomic E-state index is 12.0. The Morgan fingerprint density at radius 3 is 2.67 bits per heavy atom. The lowest BCUT2D eigenvalue weighted by Gasteiger charge is -2.41. The van der Waals surface area contributed by atoms with Crippen molar-refractivity contribution in [2.75, 3.05) is 39.8 Å². The van der Waals surface area contributed by atoms with Gasteiger partial charge in [-0.2, -0.15) is 0 Å². The van der Waals surface area contributed by atoms with Crippen molar-refractivity contribution in [3.63, 3.8) is 0 Å². The number of piperazine rings is 1. The normalized spacial score (nSPS) is 28.9. The number of carbonyl (C=O) groups is 1. The number of nitrogens with zero attached hydrogens (tertiary/aromatic N) is 2. The predicted molar refractivity (Wildman–Crippen MR) is 59.6 cm³/mol. The molecule has 0 aromatic heterocycles. The van der Waals surface area contributed by atoms with Gasteiger partial charge in [0.1, 0.15) is 0 Å². The van der Waals surface area contributed by atoms with Crippen molar-refractivity contribution in [1.29, 1.82) is 0 Å². The Morgan fingerprint density at radius 1 is 1.40 bits per heavy atom. The van der Waals surface area contributed by atoms with Gasteiger partial charge in [0.25, 0.3) is 0 Å². The largest absolute Gasteiger partial charge is 0.340 e. The smallest absolute Gasteiger partial charge is 0.228 e. The zero-order valence-electron chi connectivity index (χ0n) is 9.70. The number of rotatable bonds is 2. The maximum Gasteiger partial charge on any atom is 0.228 e. The van der Waals surface area contributed by atoms with Crippen LogP contribution in [0.15, 0.2) is 0 Å². The number of nitrogens with one attached hydrogen (secondary N) is 1. The third kappa shape index (κ3) is 2.16. The zero-order chi connectivity index (χ0) is 10.8. The Bertz CT molecular complexity index is 240. The summed E-state index contributed by atoms with van der Waals surface area (Å²) in [7, 11) is 2.15. The molecule has 1 unspecified atom stereocenters. The van der Waals surface area contributed by atoms with Crippen LogP contribution < -0.4 is 5.32 Å². The molecule has 0 radical (unpaired) electrons. The van der Waals surface area contributed by atoms with E-state index in [1.54, 1.807) is 0 Å². The van der Waals surface area contributed by atoms with Crippen LogP contribution in [-0.4, -0.2) is 61.5 Å². The van der Waals surface area contributed by atoms with Gasteiger partial charge in [-0.25, -0.2) is 0 Å². The van der Waals surface area contributed by atoms with Crippen LogP contribution in [0.3, 0.4) is 0 Å². The van der Waals surface area contributed by atoms with E-state index >= 15 is 0 Å². The van der Waals surface area contributed by atoms with E-state index in [-0.39, 0.29) is 5.92 Å². The molecule has 0 aliphatic carbocycles. The van der Waals surface area contributed by atoms with Crippen molar-refractivity contribution in [3.05, 3.63) is 0 Å². The molecule has 4 heteroatoms. The summed E-state index contributed by atoms with van der Waals surface area (Å²) in [5, 5.41) is 3.16. The van der Waals surface area contributed by atoms with Gasteiger partial charge in [-0.1, -0.05) is 6.92 Å². The van der Waals surface area contributed by atoms with E-state index in [1.165, 1.54) is 0 Å². The summed E-state index contributed by atoms with van der Waals surface area (Å²) in [6.07, 6.45) is 1.13. The Hall–Kier alpha value is -0.610. The average molecular weight is 211 g/mol. The minimum absolute atomic E-state index is 0.255. The SMILES string of the molecule is CCC1CN(C(=O)C2CNC2)CCN1C. The summed E-state index contributed by atoms with van der Waals surface area (Å²) in [5.74, 6) is 0.617. The van der Waals surface area contributed by atoms with Crippen LogP contribution in [0.25, 0.3) is 0 Å². The maximum absolute atomic E-state index is 12.0. The van der Waals surface area contributed by atoms with Gasteiger partial charge in [-0.3, -0.25) is 9.69 Å². The fraction of sp³-hybridized carbons (Fsp3) is 0.909. The molecule has 2 heterocycles. The molecule has 0 bridgehead atoms. The molecule has 2 rings (SSSR count). The van der Waals surface area contributed by atoms with Gasteiger partial charge in [0, 0.05) is 38.8 Å². The van der Waals surface area contributed by atoms with E-state index in [4.69, 9.17) is 0 Å². The third-order valence-corrected chi connectivity index (χ3v) is 3.69. The van der Waals surface area contributed by atoms with Crippen molar-refractivity contribution < 1.29 is 4.79 Å². The van der Waals surface area contributed by atoms with Gasteiger partial charge < -0.3 is 10.2 Å². The van der Waals surface area contributed by atoms with E-state index in [2.05, 4.69) is 29.1 Å². The molecule has 0 aromatic carbocycles. The summed E-state index contributed by atoms with van der Waals surface area (Å²) in [6.45, 7) is 6.79. The van der Waals surface area contributed by atoms with Crippen LogP contribution in [0, 0.1) is 5.92 Å². The molecule has 2 aliphatic rings. The molecule has 86 valence electrons. The van der Waals surface area contributed by atoms with Crippen molar-refractivity contribution >= 4 is 5.91 Å². The standard InChI is InChI=1S/C11H21N3O/c1-3-10-8-14(5-4-13(10)2)11(15)9-6-12-7-9/h9-10,12H,3-8H2,1-2H3. The molecule has 1 atom stereocenters. The first-order chi connectivity index (χ1) is 7.22. The van der Waals surface area contributed by atoms with E-state index in [1.807, 2.05) is 0 Å². The molecule has 2 fully saturated rings. The van der Waals surface area contributed by atoms with Crippen LogP contribution in [-0.2, 0) is 4.79 Å². The number of likely N-dealkylation sites (N-methyl/N-ethyl adjacent to an activating group) is 1. The molecular formula is C11H21N3O. The third-order valence-electron chi connectivity index (χ3n) is 3.69. The molecule has 2 aliphatic heterocycles. The Balaban J connectivity index is 1.90. The van der Waals surface area contributed by atoms with Crippen molar-refractivity contribution in [2.24, 2.45) is 5.92 Å². The summed E-state index contributed by atoms with van der Waals surface area (Å²) in [4.78, 5) is 16.4. The van der Waals surface area contributed by atoms with E-state index in [0.717, 1.165) is 39.1 Å². The summed E-state index contributed by atoms with van der Waals surface area (Å²) < 4.78 is 0. The van der Waals surface area contributed by atoms with E-state index < -0.39 is 0 Å². The summed E-state index contributed by atoms with van der Waals surface area (Å²) >= 11 is 0. The number of hydrogen-bond donors (Lipinski definition) is 1. The molecule has 4 nitrogen and oxygen atoms in total.